The largest absolute Gasteiger partial charge is 4.00 e. The first-order chi connectivity index (χ1) is 13.6. The Morgan fingerprint density at radius 2 is 0.414 bits per heavy atom. The molecule has 0 aromatic heterocycles. The first-order valence-corrected chi connectivity index (χ1v) is 10.1. The zero-order valence-electron chi connectivity index (χ0n) is 15.7. The van der Waals surface area contributed by atoms with Gasteiger partial charge in [-0.25, -0.2) is 0 Å². The summed E-state index contributed by atoms with van der Waals surface area (Å²) < 4.78 is 0. The summed E-state index contributed by atoms with van der Waals surface area (Å²) in [6, 6.07) is 38.5. The van der Waals surface area contributed by atoms with E-state index >= 15 is 0 Å². The third-order valence-electron chi connectivity index (χ3n) is 2.97. The van der Waals surface area contributed by atoms with Gasteiger partial charge in [-0.05, 0) is 0 Å². The molecule has 0 N–H and O–H groups in total. The van der Waals surface area contributed by atoms with Crippen molar-refractivity contribution in [1.82, 2.24) is 0 Å². The second-order valence-corrected chi connectivity index (χ2v) is 7.14. The van der Waals surface area contributed by atoms with Crippen LogP contribution in [0.15, 0.2) is 141 Å². The van der Waals surface area contributed by atoms with Gasteiger partial charge in [0, 0.05) is 0 Å². The summed E-state index contributed by atoms with van der Waals surface area (Å²) >= 11 is 19.2. The Morgan fingerprint density at radius 1 is 0.276 bits per heavy atom. The van der Waals surface area contributed by atoms with Crippen LogP contribution < -0.4 is 0 Å². The number of hydrogen-bond acceptors (Lipinski definition) is 4. The topological polar surface area (TPSA) is 0 Å². The van der Waals surface area contributed by atoms with Crippen LogP contribution in [0, 0.1) is 0 Å². The molecule has 4 rings (SSSR count). The minimum absolute atomic E-state index is 0. The average Bonchev–Trinajstić information content (AvgIpc) is 2.72. The van der Waals surface area contributed by atoms with Crippen molar-refractivity contribution in [3.05, 3.63) is 121 Å². The number of rotatable bonds is 0. The monoisotopic (exact) mass is 526 g/mol. The van der Waals surface area contributed by atoms with Crippen molar-refractivity contribution in [1.29, 1.82) is 0 Å². The summed E-state index contributed by atoms with van der Waals surface area (Å²) in [7, 11) is 0. The van der Waals surface area contributed by atoms with Crippen molar-refractivity contribution in [3.63, 3.8) is 0 Å². The standard InChI is InChI=1S/4C6H6S.Zr/c4*7-6-4-2-1-3-5-6;/h4*1-5,7H;/q;;;;+4/p-4. The molecule has 0 bridgehead atoms. The van der Waals surface area contributed by atoms with Gasteiger partial charge in [-0.15, -0.1) is 0 Å². The van der Waals surface area contributed by atoms with E-state index in [0.29, 0.717) is 0 Å². The Labute approximate surface area is 215 Å². The van der Waals surface area contributed by atoms with Crippen molar-refractivity contribution >= 4 is 50.5 Å². The summed E-state index contributed by atoms with van der Waals surface area (Å²) in [6.45, 7) is 0. The van der Waals surface area contributed by atoms with Crippen LogP contribution in [-0.4, -0.2) is 0 Å². The molecule has 0 saturated heterocycles. The fraction of sp³-hybridized carbons (Fsp3) is 0. The predicted octanol–water partition coefficient (Wildman–Crippen LogP) is 6.37. The normalized spacial score (nSPS) is 8.28. The third kappa shape index (κ3) is 17.2. The summed E-state index contributed by atoms with van der Waals surface area (Å²) in [4.78, 5) is 3.62. The van der Waals surface area contributed by atoms with Gasteiger partial charge in [-0.1, -0.05) is 121 Å². The van der Waals surface area contributed by atoms with Crippen LogP contribution in [0.5, 0.6) is 0 Å². The molecule has 4 aromatic rings. The third-order valence-corrected chi connectivity index (χ3v) is 4.06. The van der Waals surface area contributed by atoms with Gasteiger partial charge in [0.05, 0.1) is 0 Å². The minimum atomic E-state index is 0. The molecule has 0 atom stereocenters. The van der Waals surface area contributed by atoms with Gasteiger partial charge in [-0.3, -0.25) is 0 Å². The van der Waals surface area contributed by atoms with Crippen LogP contribution in [0.3, 0.4) is 0 Å². The van der Waals surface area contributed by atoms with E-state index in [1.807, 2.05) is 121 Å². The van der Waals surface area contributed by atoms with Crippen molar-refractivity contribution < 1.29 is 26.2 Å². The van der Waals surface area contributed by atoms with Gasteiger partial charge in [0.15, 0.2) is 0 Å². The van der Waals surface area contributed by atoms with Crippen molar-refractivity contribution in [2.45, 2.75) is 19.6 Å². The van der Waals surface area contributed by atoms with Gasteiger partial charge in [-0.2, -0.15) is 19.6 Å². The van der Waals surface area contributed by atoms with E-state index in [2.05, 4.69) is 0 Å². The van der Waals surface area contributed by atoms with Gasteiger partial charge in [0.1, 0.15) is 0 Å². The molecule has 29 heavy (non-hydrogen) atoms. The zero-order valence-corrected chi connectivity index (χ0v) is 21.4. The number of hydrogen-bond donors (Lipinski definition) is 0. The molecule has 0 aliphatic rings. The molecule has 0 aliphatic carbocycles. The van der Waals surface area contributed by atoms with Crippen LogP contribution >= 0.6 is 0 Å². The van der Waals surface area contributed by atoms with Crippen molar-refractivity contribution in [3.8, 4) is 0 Å². The molecule has 0 spiro atoms. The Balaban J connectivity index is 0.000000356. The molecule has 5 heteroatoms. The molecule has 0 amide bonds. The van der Waals surface area contributed by atoms with E-state index in [1.165, 1.54) is 0 Å². The minimum Gasteiger partial charge on any atom is -0.780 e. The van der Waals surface area contributed by atoms with Crippen LogP contribution in [0.2, 0.25) is 0 Å². The molecule has 0 saturated carbocycles. The smallest absolute Gasteiger partial charge is 0.780 e. The van der Waals surface area contributed by atoms with Gasteiger partial charge in [0.2, 0.25) is 0 Å². The summed E-state index contributed by atoms with van der Waals surface area (Å²) in [5.74, 6) is 0. The zero-order chi connectivity index (χ0) is 20.5. The summed E-state index contributed by atoms with van der Waals surface area (Å²) in [6.07, 6.45) is 0. The maximum Gasteiger partial charge on any atom is 4.00 e. The fourth-order valence-corrected chi connectivity index (χ4v) is 2.31. The van der Waals surface area contributed by atoms with E-state index in [1.54, 1.807) is 0 Å². The van der Waals surface area contributed by atoms with Crippen LogP contribution in [-0.2, 0) is 76.7 Å². The summed E-state index contributed by atoms with van der Waals surface area (Å²) in [5, 5.41) is 0. The second-order valence-electron chi connectivity index (χ2n) is 5.25. The predicted molar refractivity (Wildman–Crippen MR) is 128 cm³/mol. The molecule has 0 radical (unpaired) electrons. The summed E-state index contributed by atoms with van der Waals surface area (Å²) in [5.41, 5.74) is 0. The van der Waals surface area contributed by atoms with Crippen molar-refractivity contribution in [2.75, 3.05) is 0 Å². The van der Waals surface area contributed by atoms with Gasteiger partial charge in [0.25, 0.3) is 0 Å². The average molecular weight is 528 g/mol. The van der Waals surface area contributed by atoms with Crippen LogP contribution in [0.25, 0.3) is 0 Å². The molecule has 0 aliphatic heterocycles. The quantitative estimate of drug-likeness (QED) is 0.244. The van der Waals surface area contributed by atoms with E-state index < -0.39 is 0 Å². The fourth-order valence-electron chi connectivity index (χ4n) is 1.68. The van der Waals surface area contributed by atoms with Crippen molar-refractivity contribution in [2.24, 2.45) is 0 Å². The maximum absolute atomic E-state index is 4.81. The van der Waals surface area contributed by atoms with E-state index in [4.69, 9.17) is 50.5 Å². The Kier molecular flexibility index (Phi) is 17.8. The molecule has 0 fully saturated rings. The maximum atomic E-state index is 4.81. The molecule has 0 heterocycles. The Hall–Kier alpha value is -1.36. The molecule has 0 nitrogen and oxygen atoms in total. The van der Waals surface area contributed by atoms with Gasteiger partial charge >= 0.3 is 26.2 Å². The molecule has 0 unspecified atom stereocenters. The first-order valence-electron chi connectivity index (χ1n) is 8.46. The Morgan fingerprint density at radius 3 is 0.483 bits per heavy atom. The Bertz CT molecular complexity index is 693. The van der Waals surface area contributed by atoms with Crippen LogP contribution in [0.1, 0.15) is 0 Å². The number of benzene rings is 4. The first kappa shape index (κ1) is 27.6. The SMILES string of the molecule is [S-]c1ccccc1.[S-]c1ccccc1.[S-]c1ccccc1.[S-]c1ccccc1.[Zr+4]. The molecule has 4 aromatic carbocycles. The van der Waals surface area contributed by atoms with Crippen LogP contribution in [0.4, 0.5) is 0 Å². The molecule has 144 valence electrons. The van der Waals surface area contributed by atoms with E-state index in [0.717, 1.165) is 19.6 Å². The van der Waals surface area contributed by atoms with E-state index in [-0.39, 0.29) is 26.2 Å². The molecular formula is C24H20S4Zr. The second kappa shape index (κ2) is 18.7. The van der Waals surface area contributed by atoms with E-state index in [9.17, 15) is 0 Å². The van der Waals surface area contributed by atoms with Gasteiger partial charge < -0.3 is 50.5 Å². The molecular weight excluding hydrogens is 508 g/mol.